The highest BCUT2D eigenvalue weighted by atomic mass is 16.3. The van der Waals surface area contributed by atoms with Crippen molar-refractivity contribution in [3.8, 4) is 5.75 Å². The van der Waals surface area contributed by atoms with Crippen LogP contribution in [0.15, 0.2) is 72.9 Å². The number of aromatic nitrogens is 3. The Morgan fingerprint density at radius 3 is 2.65 bits per heavy atom. The number of phenols is 1. The molecule has 3 fully saturated rings. The van der Waals surface area contributed by atoms with Gasteiger partial charge in [0.05, 0.1) is 17.5 Å². The van der Waals surface area contributed by atoms with Gasteiger partial charge >= 0.3 is 0 Å². The minimum absolute atomic E-state index is 0.0281. The number of hydrogen-bond acceptors (Lipinski definition) is 9. The number of nitrogens with one attached hydrogen (secondary N) is 4. The average Bonchev–Trinajstić information content (AvgIpc) is 3.69. The van der Waals surface area contributed by atoms with Crippen molar-refractivity contribution in [3.05, 3.63) is 95.3 Å². The quantitative estimate of drug-likeness (QED) is 0.147. The first-order valence-corrected chi connectivity index (χ1v) is 15.3. The fraction of sp³-hybridized carbons (Fsp3) is 0.394. The summed E-state index contributed by atoms with van der Waals surface area (Å²) in [4.78, 5) is 4.44. The first kappa shape index (κ1) is 27.7. The van der Waals surface area contributed by atoms with Crippen molar-refractivity contribution >= 4 is 17.3 Å². The van der Waals surface area contributed by atoms with E-state index in [9.17, 15) is 10.2 Å². The Bertz CT molecular complexity index is 1580. The second-order valence-corrected chi connectivity index (χ2v) is 12.4. The number of hydrogen-bond donors (Lipinski definition) is 7. The van der Waals surface area contributed by atoms with Crippen molar-refractivity contribution < 1.29 is 10.2 Å². The predicted molar refractivity (Wildman–Crippen MR) is 167 cm³/mol. The summed E-state index contributed by atoms with van der Waals surface area (Å²) in [6.45, 7) is 1.49. The molecule has 10 nitrogen and oxygen atoms in total. The zero-order valence-corrected chi connectivity index (χ0v) is 24.3. The third-order valence-corrected chi connectivity index (χ3v) is 9.98. The number of anilines is 3. The van der Waals surface area contributed by atoms with E-state index in [1.807, 2.05) is 35.1 Å². The molecule has 2 atom stereocenters. The van der Waals surface area contributed by atoms with Gasteiger partial charge in [0.25, 0.3) is 0 Å². The number of nitrogens with two attached hydrogens (primary N) is 1. The van der Waals surface area contributed by atoms with Crippen LogP contribution in [0.2, 0.25) is 0 Å². The Morgan fingerprint density at radius 1 is 1.02 bits per heavy atom. The minimum Gasteiger partial charge on any atom is -0.508 e. The zero-order valence-electron chi connectivity index (χ0n) is 24.3. The SMILES string of the molecule is Nc1cc(C(CCNC23CCC(c4ccccc4)(CC2)[C@H](O)C3)c2ccn(CCc3cccc(O)c3)n2)c2c(n1)NNN2. The highest BCUT2D eigenvalue weighted by molar-refractivity contribution is 5.75. The van der Waals surface area contributed by atoms with E-state index >= 15 is 0 Å². The van der Waals surface area contributed by atoms with Crippen molar-refractivity contribution in [3.63, 3.8) is 0 Å². The standard InChI is InChI=1S/C33H40N8O2/c34-29-20-26(30-31(36-29)38-40-37-30)25(27-11-18-41(39-27)17-10-22-5-4-8-24(42)19-22)9-16-35-32-12-14-33(15-13-32,28(43)21-32)23-6-2-1-3-7-23/h1-8,11,18-20,25,28,35,37,40,42-43H,9-10,12-17,21H2,(H3,34,36,38)/t25?,28-,32?,33?/m1/s1. The van der Waals surface area contributed by atoms with Gasteiger partial charge in [0.1, 0.15) is 11.6 Å². The lowest BCUT2D eigenvalue weighted by Gasteiger charge is -2.57. The van der Waals surface area contributed by atoms with Crippen LogP contribution >= 0.6 is 0 Å². The molecule has 4 aliphatic rings. The maximum Gasteiger partial charge on any atom is 0.169 e. The zero-order chi connectivity index (χ0) is 29.4. The molecule has 224 valence electrons. The Kier molecular flexibility index (Phi) is 7.20. The van der Waals surface area contributed by atoms with E-state index in [1.165, 1.54) is 5.56 Å². The van der Waals surface area contributed by atoms with Crippen LogP contribution < -0.4 is 27.4 Å². The number of benzene rings is 2. The van der Waals surface area contributed by atoms with Gasteiger partial charge < -0.3 is 26.7 Å². The minimum atomic E-state index is -0.354. The molecule has 0 amide bonds. The molecule has 10 heteroatoms. The lowest BCUT2D eigenvalue weighted by molar-refractivity contribution is -0.0496. The topological polar surface area (TPSA) is 145 Å². The summed E-state index contributed by atoms with van der Waals surface area (Å²) in [5.41, 5.74) is 20.5. The number of aromatic hydroxyl groups is 1. The molecule has 43 heavy (non-hydrogen) atoms. The number of aliphatic hydroxyl groups is 1. The number of nitrogen functional groups attached to an aromatic ring is 1. The molecule has 4 aromatic rings. The molecule has 8 rings (SSSR count). The van der Waals surface area contributed by atoms with E-state index in [0.717, 1.165) is 74.0 Å². The molecule has 2 aromatic heterocycles. The van der Waals surface area contributed by atoms with Gasteiger partial charge in [-0.2, -0.15) is 5.10 Å². The molecule has 0 spiro atoms. The fourth-order valence-electron chi connectivity index (χ4n) is 7.60. The fourth-order valence-corrected chi connectivity index (χ4v) is 7.60. The lowest BCUT2D eigenvalue weighted by Crippen LogP contribution is -2.62. The molecule has 1 unspecified atom stereocenters. The van der Waals surface area contributed by atoms with Gasteiger partial charge in [-0.1, -0.05) is 42.5 Å². The molecule has 2 aromatic carbocycles. The third-order valence-electron chi connectivity index (χ3n) is 9.98. The summed E-state index contributed by atoms with van der Waals surface area (Å²) in [5.74, 6) is 1.37. The molecule has 3 heterocycles. The van der Waals surface area contributed by atoms with Crippen LogP contribution in [0.3, 0.4) is 0 Å². The van der Waals surface area contributed by atoms with E-state index in [-0.39, 0.29) is 28.7 Å². The largest absolute Gasteiger partial charge is 0.508 e. The maximum atomic E-state index is 11.4. The van der Waals surface area contributed by atoms with Crippen LogP contribution in [-0.2, 0) is 18.4 Å². The first-order chi connectivity index (χ1) is 20.9. The van der Waals surface area contributed by atoms with Gasteiger partial charge in [0.15, 0.2) is 5.82 Å². The van der Waals surface area contributed by atoms with Crippen LogP contribution in [0.25, 0.3) is 0 Å². The normalized spacial score (nSPS) is 24.7. The molecule has 0 radical (unpaired) electrons. The van der Waals surface area contributed by atoms with Crippen molar-refractivity contribution in [2.45, 2.75) is 74.5 Å². The highest BCUT2D eigenvalue weighted by Gasteiger charge is 2.54. The number of aryl methyl sites for hydroxylation is 2. The van der Waals surface area contributed by atoms with E-state index in [4.69, 9.17) is 10.8 Å². The smallest absolute Gasteiger partial charge is 0.169 e. The van der Waals surface area contributed by atoms with E-state index in [1.54, 1.807) is 12.1 Å². The van der Waals surface area contributed by atoms with E-state index in [0.29, 0.717) is 18.2 Å². The molecule has 2 bridgehead atoms. The number of phenolic OH excluding ortho intramolecular Hbond substituents is 1. The summed E-state index contributed by atoms with van der Waals surface area (Å²) < 4.78 is 1.97. The van der Waals surface area contributed by atoms with Crippen molar-refractivity contribution in [1.82, 2.24) is 25.6 Å². The van der Waals surface area contributed by atoms with Gasteiger partial charge in [-0.3, -0.25) is 10.1 Å². The Balaban J connectivity index is 1.09. The van der Waals surface area contributed by atoms with Crippen LogP contribution in [0.1, 0.15) is 66.8 Å². The summed E-state index contributed by atoms with van der Waals surface area (Å²) in [5, 5.41) is 30.2. The number of aliphatic hydroxyl groups excluding tert-OH is 1. The van der Waals surface area contributed by atoms with Crippen LogP contribution in [0, 0.1) is 0 Å². The number of fused-ring (bicyclic) bond motifs is 4. The second-order valence-electron chi connectivity index (χ2n) is 12.4. The van der Waals surface area contributed by atoms with Crippen molar-refractivity contribution in [1.29, 1.82) is 0 Å². The van der Waals surface area contributed by atoms with Gasteiger partial charge in [0, 0.05) is 29.6 Å². The van der Waals surface area contributed by atoms with Crippen LogP contribution in [-0.4, -0.2) is 43.2 Å². The Morgan fingerprint density at radius 2 is 1.86 bits per heavy atom. The third kappa shape index (κ3) is 5.30. The molecule has 3 aliphatic carbocycles. The van der Waals surface area contributed by atoms with Gasteiger partial charge in [-0.15, -0.1) is 5.53 Å². The monoisotopic (exact) mass is 580 g/mol. The molecule has 3 saturated carbocycles. The summed E-state index contributed by atoms with van der Waals surface area (Å²) >= 11 is 0. The molecular weight excluding hydrogens is 540 g/mol. The highest BCUT2D eigenvalue weighted by Crippen LogP contribution is 2.53. The Hall–Kier alpha value is -4.12. The van der Waals surface area contributed by atoms with Crippen LogP contribution in [0.5, 0.6) is 5.75 Å². The van der Waals surface area contributed by atoms with Crippen molar-refractivity contribution in [2.75, 3.05) is 23.1 Å². The molecule has 8 N–H and O–H groups in total. The molecule has 1 aliphatic heterocycles. The number of pyridine rings is 1. The summed E-state index contributed by atoms with van der Waals surface area (Å²) in [6, 6.07) is 22.0. The van der Waals surface area contributed by atoms with E-state index < -0.39 is 0 Å². The maximum absolute atomic E-state index is 11.4. The van der Waals surface area contributed by atoms with Gasteiger partial charge in [0.2, 0.25) is 0 Å². The predicted octanol–water partition coefficient (Wildman–Crippen LogP) is 4.19. The first-order valence-electron chi connectivity index (χ1n) is 15.3. The van der Waals surface area contributed by atoms with Gasteiger partial charge in [-0.25, -0.2) is 4.98 Å². The lowest BCUT2D eigenvalue weighted by atomic mass is 9.53. The van der Waals surface area contributed by atoms with E-state index in [2.05, 4.69) is 57.0 Å². The summed E-state index contributed by atoms with van der Waals surface area (Å²) in [6.07, 6.45) is 8.11. The average molecular weight is 581 g/mol. The molecule has 0 saturated heterocycles. The van der Waals surface area contributed by atoms with Gasteiger partial charge in [-0.05, 0) is 92.4 Å². The second kappa shape index (κ2) is 11.2. The number of hydrazine groups is 2. The number of nitrogens with zero attached hydrogens (tertiary/aromatic N) is 3. The number of rotatable bonds is 10. The van der Waals surface area contributed by atoms with Crippen LogP contribution in [0.4, 0.5) is 17.3 Å². The summed E-state index contributed by atoms with van der Waals surface area (Å²) in [7, 11) is 0. The molecular formula is C33H40N8O2. The Labute approximate surface area is 251 Å². The van der Waals surface area contributed by atoms with Crippen molar-refractivity contribution in [2.24, 2.45) is 0 Å².